The molecular weight excluding hydrogens is 310 g/mol. The first kappa shape index (κ1) is 16.5. The number of halogens is 1. The molecule has 1 aromatic carbocycles. The van der Waals surface area contributed by atoms with Crippen LogP contribution in [0.4, 0.5) is 0 Å². The van der Waals surface area contributed by atoms with Crippen LogP contribution in [-0.4, -0.2) is 29.0 Å². The number of rotatable bonds is 3. The molecule has 0 saturated carbocycles. The van der Waals surface area contributed by atoms with Crippen LogP contribution in [0.1, 0.15) is 43.8 Å². The normalized spacial score (nSPS) is 23.7. The maximum atomic E-state index is 12.6. The van der Waals surface area contributed by atoms with Crippen LogP contribution in [0.2, 0.25) is 5.02 Å². The Bertz CT molecular complexity index is 561. The third-order valence-electron chi connectivity index (χ3n) is 5.13. The zero-order valence-electron chi connectivity index (χ0n) is 13.3. The zero-order valence-corrected chi connectivity index (χ0v) is 14.1. The van der Waals surface area contributed by atoms with Gasteiger partial charge in [0.1, 0.15) is 0 Å². The smallest absolute Gasteiger partial charge is 0.226 e. The molecule has 1 aromatic rings. The standard InChI is InChI=1S/C19H24ClNO2/c20-17-8-6-14(7-9-17)18(22)15-10-12-21(13-11-15)19(23)16-4-2-1-3-5-16/h1-2,6-9,15-16,18,22H,3-5,10-13H2. The van der Waals surface area contributed by atoms with E-state index in [1.165, 1.54) is 0 Å². The number of hydrogen-bond donors (Lipinski definition) is 1. The van der Waals surface area contributed by atoms with Gasteiger partial charge in [0.2, 0.25) is 5.91 Å². The van der Waals surface area contributed by atoms with E-state index in [0.717, 1.165) is 50.8 Å². The molecule has 1 aliphatic carbocycles. The first-order chi connectivity index (χ1) is 11.1. The highest BCUT2D eigenvalue weighted by molar-refractivity contribution is 6.30. The van der Waals surface area contributed by atoms with Crippen LogP contribution in [0.15, 0.2) is 36.4 Å². The first-order valence-electron chi connectivity index (χ1n) is 8.52. The monoisotopic (exact) mass is 333 g/mol. The number of hydrogen-bond acceptors (Lipinski definition) is 2. The fraction of sp³-hybridized carbons (Fsp3) is 0.526. The van der Waals surface area contributed by atoms with Gasteiger partial charge in [0.05, 0.1) is 6.10 Å². The summed E-state index contributed by atoms with van der Waals surface area (Å²) in [6.45, 7) is 1.52. The summed E-state index contributed by atoms with van der Waals surface area (Å²) in [4.78, 5) is 14.5. The van der Waals surface area contributed by atoms with Gasteiger partial charge >= 0.3 is 0 Å². The maximum Gasteiger partial charge on any atom is 0.226 e. The Morgan fingerprint density at radius 1 is 1.13 bits per heavy atom. The lowest BCUT2D eigenvalue weighted by atomic mass is 9.86. The van der Waals surface area contributed by atoms with E-state index in [9.17, 15) is 9.90 Å². The van der Waals surface area contributed by atoms with Gasteiger partial charge in [-0.15, -0.1) is 0 Å². The maximum absolute atomic E-state index is 12.6. The minimum atomic E-state index is -0.470. The lowest BCUT2D eigenvalue weighted by Crippen LogP contribution is -2.42. The fourth-order valence-corrected chi connectivity index (χ4v) is 3.77. The number of allylic oxidation sites excluding steroid dienone is 2. The molecule has 1 aliphatic heterocycles. The Labute approximate surface area is 142 Å². The predicted octanol–water partition coefficient (Wildman–Crippen LogP) is 3.97. The van der Waals surface area contributed by atoms with Crippen LogP contribution in [0.5, 0.6) is 0 Å². The van der Waals surface area contributed by atoms with Crippen molar-refractivity contribution < 1.29 is 9.90 Å². The Morgan fingerprint density at radius 3 is 2.43 bits per heavy atom. The van der Waals surface area contributed by atoms with Crippen molar-refractivity contribution in [1.29, 1.82) is 0 Å². The van der Waals surface area contributed by atoms with Gasteiger partial charge in [-0.1, -0.05) is 35.9 Å². The van der Waals surface area contributed by atoms with Crippen molar-refractivity contribution in [3.05, 3.63) is 47.0 Å². The van der Waals surface area contributed by atoms with Crippen molar-refractivity contribution in [3.8, 4) is 0 Å². The number of aliphatic hydroxyl groups is 1. The summed E-state index contributed by atoms with van der Waals surface area (Å²) in [6, 6.07) is 7.41. The molecule has 23 heavy (non-hydrogen) atoms. The summed E-state index contributed by atoms with van der Waals surface area (Å²) in [5, 5.41) is 11.2. The van der Waals surface area contributed by atoms with E-state index in [4.69, 9.17) is 11.6 Å². The van der Waals surface area contributed by atoms with Gasteiger partial charge in [-0.05, 0) is 55.7 Å². The second kappa shape index (κ2) is 7.50. The van der Waals surface area contributed by atoms with Gasteiger partial charge in [0.15, 0.2) is 0 Å². The van der Waals surface area contributed by atoms with Crippen molar-refractivity contribution in [2.24, 2.45) is 11.8 Å². The van der Waals surface area contributed by atoms with E-state index in [0.29, 0.717) is 10.9 Å². The molecule has 1 fully saturated rings. The van der Waals surface area contributed by atoms with Gasteiger partial charge in [0.25, 0.3) is 0 Å². The molecule has 4 heteroatoms. The molecule has 1 saturated heterocycles. The number of likely N-dealkylation sites (tertiary alicyclic amines) is 1. The summed E-state index contributed by atoms with van der Waals surface area (Å²) in [5.74, 6) is 0.679. The van der Waals surface area contributed by atoms with Crippen LogP contribution < -0.4 is 0 Å². The number of aliphatic hydroxyl groups excluding tert-OH is 1. The van der Waals surface area contributed by atoms with Gasteiger partial charge in [0, 0.05) is 24.0 Å². The molecule has 2 unspecified atom stereocenters. The lowest BCUT2D eigenvalue weighted by Gasteiger charge is -2.36. The average molecular weight is 334 g/mol. The summed E-state index contributed by atoms with van der Waals surface area (Å²) < 4.78 is 0. The van der Waals surface area contributed by atoms with Crippen LogP contribution in [0.3, 0.4) is 0 Å². The van der Waals surface area contributed by atoms with Gasteiger partial charge in [-0.3, -0.25) is 4.79 Å². The van der Waals surface area contributed by atoms with E-state index < -0.39 is 6.10 Å². The SMILES string of the molecule is O=C(C1CC=CCC1)N1CCC(C(O)c2ccc(Cl)cc2)CC1. The van der Waals surface area contributed by atoms with Crippen LogP contribution in [-0.2, 0) is 4.79 Å². The molecule has 0 radical (unpaired) electrons. The van der Waals surface area contributed by atoms with E-state index >= 15 is 0 Å². The Kier molecular flexibility index (Phi) is 5.39. The molecule has 2 aliphatic rings. The van der Waals surface area contributed by atoms with E-state index in [1.807, 2.05) is 29.2 Å². The topological polar surface area (TPSA) is 40.5 Å². The van der Waals surface area contributed by atoms with Crippen molar-refractivity contribution in [2.45, 2.75) is 38.2 Å². The molecule has 0 bridgehead atoms. The Balaban J connectivity index is 1.54. The summed E-state index contributed by atoms with van der Waals surface area (Å²) in [5.41, 5.74) is 0.914. The third kappa shape index (κ3) is 3.96. The molecule has 2 atom stereocenters. The highest BCUT2D eigenvalue weighted by Crippen LogP contribution is 2.32. The number of carbonyl (C=O) groups is 1. The van der Waals surface area contributed by atoms with Crippen LogP contribution >= 0.6 is 11.6 Å². The second-order valence-corrected chi connectivity index (χ2v) is 7.08. The fourth-order valence-electron chi connectivity index (χ4n) is 3.64. The Morgan fingerprint density at radius 2 is 1.83 bits per heavy atom. The molecule has 1 heterocycles. The third-order valence-corrected chi connectivity index (χ3v) is 5.38. The van der Waals surface area contributed by atoms with Crippen molar-refractivity contribution in [2.75, 3.05) is 13.1 Å². The van der Waals surface area contributed by atoms with Crippen molar-refractivity contribution in [3.63, 3.8) is 0 Å². The molecule has 124 valence electrons. The molecule has 3 nitrogen and oxygen atoms in total. The molecule has 3 rings (SSSR count). The number of nitrogens with zero attached hydrogens (tertiary/aromatic N) is 1. The van der Waals surface area contributed by atoms with Gasteiger partial charge in [-0.25, -0.2) is 0 Å². The highest BCUT2D eigenvalue weighted by Gasteiger charge is 2.31. The van der Waals surface area contributed by atoms with Crippen LogP contribution in [0, 0.1) is 11.8 Å². The summed E-state index contributed by atoms with van der Waals surface area (Å²) in [6.07, 6.45) is 8.41. The van der Waals surface area contributed by atoms with E-state index in [2.05, 4.69) is 12.2 Å². The first-order valence-corrected chi connectivity index (χ1v) is 8.90. The van der Waals surface area contributed by atoms with Gasteiger partial charge < -0.3 is 10.0 Å². The molecule has 0 spiro atoms. The van der Waals surface area contributed by atoms with Crippen LogP contribution in [0.25, 0.3) is 0 Å². The minimum Gasteiger partial charge on any atom is -0.388 e. The molecule has 0 aromatic heterocycles. The van der Waals surface area contributed by atoms with Crippen molar-refractivity contribution >= 4 is 17.5 Å². The van der Waals surface area contributed by atoms with E-state index in [1.54, 1.807) is 0 Å². The average Bonchev–Trinajstić information content (AvgIpc) is 2.62. The highest BCUT2D eigenvalue weighted by atomic mass is 35.5. The second-order valence-electron chi connectivity index (χ2n) is 6.64. The number of piperidine rings is 1. The summed E-state index contributed by atoms with van der Waals surface area (Å²) in [7, 11) is 0. The number of amides is 1. The molecule has 1 N–H and O–H groups in total. The Hall–Kier alpha value is -1.32. The number of carbonyl (C=O) groups excluding carboxylic acids is 1. The summed E-state index contributed by atoms with van der Waals surface area (Å²) >= 11 is 5.90. The van der Waals surface area contributed by atoms with E-state index in [-0.39, 0.29) is 11.8 Å². The molecular formula is C19H24ClNO2. The minimum absolute atomic E-state index is 0.165. The lowest BCUT2D eigenvalue weighted by molar-refractivity contribution is -0.137. The van der Waals surface area contributed by atoms with Gasteiger partial charge in [-0.2, -0.15) is 0 Å². The van der Waals surface area contributed by atoms with Crippen molar-refractivity contribution in [1.82, 2.24) is 4.90 Å². The predicted molar refractivity (Wildman–Crippen MR) is 92.2 cm³/mol. The quantitative estimate of drug-likeness (QED) is 0.850. The molecule has 1 amide bonds. The zero-order chi connectivity index (χ0) is 16.2. The number of benzene rings is 1. The largest absolute Gasteiger partial charge is 0.388 e.